The van der Waals surface area contributed by atoms with Crippen LogP contribution in [0.2, 0.25) is 0 Å². The van der Waals surface area contributed by atoms with Gasteiger partial charge in [-0.25, -0.2) is 0 Å². The average molecular weight is 353 g/mol. The van der Waals surface area contributed by atoms with E-state index in [2.05, 4.69) is 68.4 Å². The second kappa shape index (κ2) is 6.96. The predicted molar refractivity (Wildman–Crippen MR) is 105 cm³/mol. The molecule has 3 nitrogen and oxygen atoms in total. The lowest BCUT2D eigenvalue weighted by Gasteiger charge is -2.04. The molecule has 3 rings (SSSR count). The van der Waals surface area contributed by atoms with E-state index in [0.29, 0.717) is 6.42 Å². The number of carbonyl (C=O) groups excluding carboxylic acids is 1. The number of aryl methyl sites for hydroxylation is 5. The summed E-state index contributed by atoms with van der Waals surface area (Å²) in [5.41, 5.74) is 7.12. The Balaban J connectivity index is 2.01. The van der Waals surface area contributed by atoms with Crippen molar-refractivity contribution in [1.29, 1.82) is 0 Å². The summed E-state index contributed by atoms with van der Waals surface area (Å²) in [5.74, 6) is -0.0913. The third-order valence-corrected chi connectivity index (χ3v) is 5.81. The number of fused-ring (bicyclic) bond motifs is 1. The predicted octanol–water partition coefficient (Wildman–Crippen LogP) is 4.63. The Labute approximate surface area is 152 Å². The lowest BCUT2D eigenvalue weighted by atomic mass is 10.0. The van der Waals surface area contributed by atoms with E-state index in [0.717, 1.165) is 16.9 Å². The van der Waals surface area contributed by atoms with Crippen LogP contribution in [-0.2, 0) is 17.8 Å². The first kappa shape index (κ1) is 17.6. The van der Waals surface area contributed by atoms with E-state index in [1.54, 1.807) is 11.3 Å². The van der Waals surface area contributed by atoms with Crippen molar-refractivity contribution in [3.05, 3.63) is 63.0 Å². The van der Waals surface area contributed by atoms with Crippen LogP contribution in [0.25, 0.3) is 10.2 Å². The van der Waals surface area contributed by atoms with E-state index < -0.39 is 0 Å². The Morgan fingerprint density at radius 3 is 2.48 bits per heavy atom. The molecule has 0 unspecified atom stereocenters. The van der Waals surface area contributed by atoms with E-state index >= 15 is 0 Å². The largest absolute Gasteiger partial charge is 0.317 e. The van der Waals surface area contributed by atoms with E-state index in [1.165, 1.54) is 32.5 Å². The van der Waals surface area contributed by atoms with Gasteiger partial charge in [0.05, 0.1) is 16.6 Å². The minimum atomic E-state index is -0.0913. The normalized spacial score (nSPS) is 12.1. The lowest BCUT2D eigenvalue weighted by molar-refractivity contribution is -0.117. The molecule has 0 saturated carbocycles. The Kier molecular flexibility index (Phi) is 4.91. The summed E-state index contributed by atoms with van der Waals surface area (Å²) in [6, 6.07) is 10.5. The van der Waals surface area contributed by atoms with Crippen LogP contribution in [0.5, 0.6) is 0 Å². The van der Waals surface area contributed by atoms with E-state index in [4.69, 9.17) is 0 Å². The molecule has 0 aliphatic heterocycles. The highest BCUT2D eigenvalue weighted by molar-refractivity contribution is 7.16. The maximum Gasteiger partial charge on any atom is 0.252 e. The van der Waals surface area contributed by atoms with Crippen molar-refractivity contribution in [2.45, 2.75) is 47.6 Å². The van der Waals surface area contributed by atoms with Crippen LogP contribution in [0, 0.1) is 27.7 Å². The van der Waals surface area contributed by atoms with Gasteiger partial charge in [0.2, 0.25) is 0 Å². The molecule has 0 aliphatic rings. The molecule has 1 amide bonds. The van der Waals surface area contributed by atoms with Gasteiger partial charge in [-0.05, 0) is 68.5 Å². The van der Waals surface area contributed by atoms with Crippen molar-refractivity contribution in [3.63, 3.8) is 0 Å². The van der Waals surface area contributed by atoms with Gasteiger partial charge >= 0.3 is 0 Å². The van der Waals surface area contributed by atoms with Gasteiger partial charge < -0.3 is 4.57 Å². The first-order valence-electron chi connectivity index (χ1n) is 8.63. The molecule has 0 saturated heterocycles. The summed E-state index contributed by atoms with van der Waals surface area (Å²) in [5, 5.41) is 0. The monoisotopic (exact) mass is 352 g/mol. The highest BCUT2D eigenvalue weighted by atomic mass is 32.1. The van der Waals surface area contributed by atoms with Crippen molar-refractivity contribution < 1.29 is 4.79 Å². The van der Waals surface area contributed by atoms with E-state index in [-0.39, 0.29) is 5.91 Å². The molecule has 25 heavy (non-hydrogen) atoms. The van der Waals surface area contributed by atoms with Gasteiger partial charge in [-0.1, -0.05) is 35.6 Å². The Morgan fingerprint density at radius 1 is 1.04 bits per heavy atom. The van der Waals surface area contributed by atoms with Crippen molar-refractivity contribution in [3.8, 4) is 0 Å². The Morgan fingerprint density at radius 2 is 1.80 bits per heavy atom. The van der Waals surface area contributed by atoms with Gasteiger partial charge in [-0.3, -0.25) is 4.79 Å². The van der Waals surface area contributed by atoms with Crippen molar-refractivity contribution in [1.82, 2.24) is 4.57 Å². The Hall–Kier alpha value is -2.20. The van der Waals surface area contributed by atoms with Gasteiger partial charge in [0.1, 0.15) is 0 Å². The zero-order chi connectivity index (χ0) is 18.1. The first-order chi connectivity index (χ1) is 11.9. The van der Waals surface area contributed by atoms with Crippen molar-refractivity contribution in [2.24, 2.45) is 4.99 Å². The number of thiazole rings is 1. The summed E-state index contributed by atoms with van der Waals surface area (Å²) in [6.45, 7) is 11.3. The van der Waals surface area contributed by atoms with Gasteiger partial charge in [0.25, 0.3) is 5.91 Å². The molecular formula is C21H24N2OS. The lowest BCUT2D eigenvalue weighted by Crippen LogP contribution is -2.16. The van der Waals surface area contributed by atoms with Gasteiger partial charge in [0, 0.05) is 6.54 Å². The molecule has 0 radical (unpaired) electrons. The molecule has 2 aromatic carbocycles. The smallest absolute Gasteiger partial charge is 0.252 e. The molecule has 130 valence electrons. The zero-order valence-electron chi connectivity index (χ0n) is 15.5. The number of aromatic nitrogens is 1. The second-order valence-electron chi connectivity index (χ2n) is 6.66. The molecule has 3 aromatic rings. The maximum absolute atomic E-state index is 12.5. The van der Waals surface area contributed by atoms with Crippen LogP contribution in [-0.4, -0.2) is 10.5 Å². The zero-order valence-corrected chi connectivity index (χ0v) is 16.3. The van der Waals surface area contributed by atoms with Gasteiger partial charge in [-0.15, -0.1) is 0 Å². The second-order valence-corrected chi connectivity index (χ2v) is 7.64. The molecule has 0 bridgehead atoms. The van der Waals surface area contributed by atoms with Crippen molar-refractivity contribution >= 4 is 27.5 Å². The Bertz CT molecular complexity index is 1020. The summed E-state index contributed by atoms with van der Waals surface area (Å²) in [7, 11) is 0. The fraction of sp³-hybridized carbons (Fsp3) is 0.333. The number of amides is 1. The molecule has 4 heteroatoms. The van der Waals surface area contributed by atoms with Crippen LogP contribution >= 0.6 is 11.3 Å². The highest BCUT2D eigenvalue weighted by Crippen LogP contribution is 2.23. The topological polar surface area (TPSA) is 34.4 Å². The summed E-state index contributed by atoms with van der Waals surface area (Å²) in [4.78, 5) is 17.7. The summed E-state index contributed by atoms with van der Waals surface area (Å²) >= 11 is 1.60. The molecule has 0 spiro atoms. The van der Waals surface area contributed by atoms with Crippen LogP contribution in [0.4, 0.5) is 0 Å². The molecule has 1 heterocycles. The maximum atomic E-state index is 12.5. The minimum Gasteiger partial charge on any atom is -0.317 e. The number of hydrogen-bond donors (Lipinski definition) is 0. The number of benzene rings is 2. The van der Waals surface area contributed by atoms with Gasteiger partial charge in [-0.2, -0.15) is 4.99 Å². The van der Waals surface area contributed by atoms with Crippen molar-refractivity contribution in [2.75, 3.05) is 0 Å². The third-order valence-electron chi connectivity index (χ3n) is 4.58. The molecule has 0 N–H and O–H groups in total. The van der Waals surface area contributed by atoms with Crippen LogP contribution in [0.3, 0.4) is 0 Å². The quantitative estimate of drug-likeness (QED) is 0.677. The molecular weight excluding hydrogens is 328 g/mol. The number of rotatable bonds is 3. The molecule has 0 fully saturated rings. The number of carbonyl (C=O) groups is 1. The first-order valence-corrected chi connectivity index (χ1v) is 9.45. The van der Waals surface area contributed by atoms with Crippen LogP contribution < -0.4 is 4.80 Å². The van der Waals surface area contributed by atoms with E-state index in [1.807, 2.05) is 6.07 Å². The molecule has 0 atom stereocenters. The van der Waals surface area contributed by atoms with Crippen LogP contribution in [0.1, 0.15) is 34.7 Å². The standard InChI is InChI=1S/C21H24N2OS/c1-6-23-18-10-13(2)9-16(5)20(18)25-21(23)22-19(24)12-17-8-7-14(3)15(4)11-17/h7-11H,6,12H2,1-5H3. The minimum absolute atomic E-state index is 0.0913. The average Bonchev–Trinajstić information content (AvgIpc) is 2.88. The molecule has 0 aliphatic carbocycles. The fourth-order valence-electron chi connectivity index (χ4n) is 3.14. The number of nitrogens with zero attached hydrogens (tertiary/aromatic N) is 2. The van der Waals surface area contributed by atoms with Crippen LogP contribution in [0.15, 0.2) is 35.3 Å². The highest BCUT2D eigenvalue weighted by Gasteiger charge is 2.10. The number of hydrogen-bond acceptors (Lipinski definition) is 2. The molecule has 1 aromatic heterocycles. The van der Waals surface area contributed by atoms with Gasteiger partial charge in [0.15, 0.2) is 4.80 Å². The fourth-order valence-corrected chi connectivity index (χ4v) is 4.30. The SMILES string of the molecule is CCn1c(=NC(=O)Cc2ccc(C)c(C)c2)sc2c(C)cc(C)cc21. The third kappa shape index (κ3) is 3.59. The van der Waals surface area contributed by atoms with E-state index in [9.17, 15) is 4.79 Å². The summed E-state index contributed by atoms with van der Waals surface area (Å²) in [6.07, 6.45) is 0.344. The summed E-state index contributed by atoms with van der Waals surface area (Å²) < 4.78 is 3.35.